The zero-order chi connectivity index (χ0) is 13.0. The molecule has 0 atom stereocenters. The molecule has 0 aliphatic heterocycles. The van der Waals surface area contributed by atoms with Gasteiger partial charge in [-0.2, -0.15) is 0 Å². The summed E-state index contributed by atoms with van der Waals surface area (Å²) in [6.07, 6.45) is 9.57. The third kappa shape index (κ3) is 1.71. The van der Waals surface area contributed by atoms with E-state index >= 15 is 0 Å². The van der Waals surface area contributed by atoms with Crippen molar-refractivity contribution in [3.8, 4) is 0 Å². The summed E-state index contributed by atoms with van der Waals surface area (Å²) >= 11 is 0. The molecule has 0 amide bonds. The van der Waals surface area contributed by atoms with Gasteiger partial charge < -0.3 is 5.11 Å². The lowest BCUT2D eigenvalue weighted by Gasteiger charge is -2.56. The monoisotopic (exact) mass is 257 g/mol. The van der Waals surface area contributed by atoms with Crippen molar-refractivity contribution in [1.82, 2.24) is 4.98 Å². The number of aromatic carboxylic acids is 1. The van der Waals surface area contributed by atoms with Gasteiger partial charge in [0, 0.05) is 17.3 Å². The Morgan fingerprint density at radius 1 is 1.16 bits per heavy atom. The molecule has 1 heterocycles. The van der Waals surface area contributed by atoms with Gasteiger partial charge in [-0.3, -0.25) is 4.98 Å². The average molecular weight is 257 g/mol. The molecule has 3 nitrogen and oxygen atoms in total. The maximum atomic E-state index is 11.2. The Bertz CT molecular complexity index is 502. The first-order chi connectivity index (χ1) is 9.14. The zero-order valence-electron chi connectivity index (χ0n) is 11.0. The molecule has 1 N–H and O–H groups in total. The highest BCUT2D eigenvalue weighted by Crippen LogP contribution is 2.60. The topological polar surface area (TPSA) is 50.2 Å². The van der Waals surface area contributed by atoms with Crippen LogP contribution in [0, 0.1) is 17.8 Å². The smallest absolute Gasteiger partial charge is 0.335 e. The van der Waals surface area contributed by atoms with Gasteiger partial charge in [0.05, 0.1) is 5.56 Å². The number of hydrogen-bond acceptors (Lipinski definition) is 2. The number of carbonyl (C=O) groups is 1. The van der Waals surface area contributed by atoms with Crippen molar-refractivity contribution in [3.05, 3.63) is 29.6 Å². The van der Waals surface area contributed by atoms with Gasteiger partial charge >= 0.3 is 5.97 Å². The lowest BCUT2D eigenvalue weighted by Crippen LogP contribution is -2.49. The summed E-state index contributed by atoms with van der Waals surface area (Å²) in [5.74, 6) is 1.75. The summed E-state index contributed by atoms with van der Waals surface area (Å²) in [6, 6.07) is 3.43. The summed E-state index contributed by atoms with van der Waals surface area (Å²) in [7, 11) is 0. The number of hydrogen-bond donors (Lipinski definition) is 1. The molecule has 3 heteroatoms. The highest BCUT2D eigenvalue weighted by Gasteiger charge is 2.52. The molecule has 4 aliphatic rings. The number of carboxylic acids is 1. The number of rotatable bonds is 2. The average Bonchev–Trinajstić information content (AvgIpc) is 2.37. The molecule has 4 saturated carbocycles. The Morgan fingerprint density at radius 3 is 2.26 bits per heavy atom. The van der Waals surface area contributed by atoms with E-state index in [-0.39, 0.29) is 5.41 Å². The van der Waals surface area contributed by atoms with Crippen molar-refractivity contribution >= 4 is 5.97 Å². The van der Waals surface area contributed by atoms with E-state index in [1.807, 2.05) is 6.07 Å². The van der Waals surface area contributed by atoms with Crippen molar-refractivity contribution in [1.29, 1.82) is 0 Å². The van der Waals surface area contributed by atoms with E-state index < -0.39 is 5.97 Å². The number of carboxylic acid groups (broad SMARTS) is 1. The predicted octanol–water partition coefficient (Wildman–Crippen LogP) is 3.25. The van der Waals surface area contributed by atoms with Crippen LogP contribution in [0.15, 0.2) is 18.3 Å². The molecule has 4 aliphatic carbocycles. The van der Waals surface area contributed by atoms with Crippen molar-refractivity contribution in [2.24, 2.45) is 17.8 Å². The van der Waals surface area contributed by atoms with E-state index in [0.29, 0.717) is 5.56 Å². The first-order valence-corrected chi connectivity index (χ1v) is 7.34. The molecule has 100 valence electrons. The van der Waals surface area contributed by atoms with Crippen LogP contribution in [-0.2, 0) is 5.41 Å². The van der Waals surface area contributed by atoms with Gasteiger partial charge in [-0.05, 0) is 68.4 Å². The Hall–Kier alpha value is -1.38. The highest BCUT2D eigenvalue weighted by molar-refractivity contribution is 5.87. The molecule has 0 saturated heterocycles. The van der Waals surface area contributed by atoms with Crippen molar-refractivity contribution in [2.75, 3.05) is 0 Å². The maximum absolute atomic E-state index is 11.2. The van der Waals surface area contributed by atoms with E-state index in [1.54, 1.807) is 12.3 Å². The Morgan fingerprint density at radius 2 is 1.74 bits per heavy atom. The van der Waals surface area contributed by atoms with Crippen LogP contribution in [0.1, 0.15) is 54.6 Å². The quantitative estimate of drug-likeness (QED) is 0.884. The molecule has 0 spiro atoms. The molecule has 19 heavy (non-hydrogen) atoms. The zero-order valence-corrected chi connectivity index (χ0v) is 11.0. The Kier molecular flexibility index (Phi) is 2.30. The molecule has 0 unspecified atom stereocenters. The van der Waals surface area contributed by atoms with E-state index in [4.69, 9.17) is 5.11 Å². The van der Waals surface area contributed by atoms with Crippen molar-refractivity contribution in [2.45, 2.75) is 43.9 Å². The van der Waals surface area contributed by atoms with Crippen LogP contribution >= 0.6 is 0 Å². The Balaban J connectivity index is 1.75. The fourth-order valence-corrected chi connectivity index (χ4v) is 5.28. The third-order valence-corrected chi connectivity index (χ3v) is 5.59. The van der Waals surface area contributed by atoms with Crippen molar-refractivity contribution < 1.29 is 9.90 Å². The summed E-state index contributed by atoms with van der Waals surface area (Å²) in [5, 5.41) is 9.16. The second-order valence-electron chi connectivity index (χ2n) is 6.93. The number of pyridine rings is 1. The SMILES string of the molecule is O=C(O)c1ccnc(C23CC4CC(CC(C4)C2)C3)c1. The molecule has 5 rings (SSSR count). The normalized spacial score (nSPS) is 39.5. The maximum Gasteiger partial charge on any atom is 0.335 e. The van der Waals surface area contributed by atoms with Gasteiger partial charge in [-0.1, -0.05) is 0 Å². The fourth-order valence-electron chi connectivity index (χ4n) is 5.28. The van der Waals surface area contributed by atoms with Crippen LogP contribution in [0.5, 0.6) is 0 Å². The van der Waals surface area contributed by atoms with E-state index in [9.17, 15) is 4.79 Å². The largest absolute Gasteiger partial charge is 0.478 e. The van der Waals surface area contributed by atoms with Gasteiger partial charge in [-0.15, -0.1) is 0 Å². The molecule has 0 radical (unpaired) electrons. The molecule has 0 aromatic carbocycles. The van der Waals surface area contributed by atoms with Crippen LogP contribution in [0.25, 0.3) is 0 Å². The summed E-state index contributed by atoms with van der Waals surface area (Å²) in [6.45, 7) is 0. The van der Waals surface area contributed by atoms with Gasteiger partial charge in [0.25, 0.3) is 0 Å². The molecular formula is C16H19NO2. The molecule has 4 bridgehead atoms. The van der Waals surface area contributed by atoms with Crippen LogP contribution in [0.2, 0.25) is 0 Å². The van der Waals surface area contributed by atoms with Gasteiger partial charge in [0.2, 0.25) is 0 Å². The Labute approximate surface area is 113 Å². The van der Waals surface area contributed by atoms with Gasteiger partial charge in [0.1, 0.15) is 0 Å². The number of aromatic nitrogens is 1. The lowest BCUT2D eigenvalue weighted by molar-refractivity contribution is -0.00723. The minimum atomic E-state index is -0.839. The van der Waals surface area contributed by atoms with Crippen LogP contribution in [0.3, 0.4) is 0 Å². The second-order valence-corrected chi connectivity index (χ2v) is 6.93. The van der Waals surface area contributed by atoms with Gasteiger partial charge in [0.15, 0.2) is 0 Å². The fraction of sp³-hybridized carbons (Fsp3) is 0.625. The highest BCUT2D eigenvalue weighted by atomic mass is 16.4. The van der Waals surface area contributed by atoms with Crippen LogP contribution in [-0.4, -0.2) is 16.1 Å². The predicted molar refractivity (Wildman–Crippen MR) is 71.0 cm³/mol. The summed E-state index contributed by atoms with van der Waals surface area (Å²) in [4.78, 5) is 15.7. The van der Waals surface area contributed by atoms with Crippen molar-refractivity contribution in [3.63, 3.8) is 0 Å². The summed E-state index contributed by atoms with van der Waals surface area (Å²) in [5.41, 5.74) is 1.63. The third-order valence-electron chi connectivity index (χ3n) is 5.59. The van der Waals surface area contributed by atoms with Gasteiger partial charge in [-0.25, -0.2) is 4.79 Å². The second kappa shape index (κ2) is 3.81. The molecule has 4 fully saturated rings. The first kappa shape index (κ1) is 11.4. The summed E-state index contributed by atoms with van der Waals surface area (Å²) < 4.78 is 0. The minimum absolute atomic E-state index is 0.195. The molecule has 1 aromatic rings. The standard InChI is InChI=1S/C16H19NO2/c18-15(19)13-1-2-17-14(6-13)16-7-10-3-11(8-16)5-12(4-10)9-16/h1-2,6,10-12H,3-5,7-9H2,(H,18,19). The van der Waals surface area contributed by atoms with E-state index in [0.717, 1.165) is 23.4 Å². The lowest BCUT2D eigenvalue weighted by atomic mass is 9.48. The first-order valence-electron chi connectivity index (χ1n) is 7.34. The molecular weight excluding hydrogens is 238 g/mol. The van der Waals surface area contributed by atoms with Crippen LogP contribution in [0.4, 0.5) is 0 Å². The van der Waals surface area contributed by atoms with Crippen LogP contribution < -0.4 is 0 Å². The number of nitrogens with zero attached hydrogens (tertiary/aromatic N) is 1. The van der Waals surface area contributed by atoms with E-state index in [2.05, 4.69) is 4.98 Å². The van der Waals surface area contributed by atoms with E-state index in [1.165, 1.54) is 38.5 Å². The minimum Gasteiger partial charge on any atom is -0.478 e. The molecule has 1 aromatic heterocycles.